The van der Waals surface area contributed by atoms with Crippen LogP contribution in [-0.4, -0.2) is 14.2 Å². The molecular formula is C21H14Cl2O4S. The van der Waals surface area contributed by atoms with E-state index < -0.39 is 10.1 Å². The molecule has 0 aliphatic heterocycles. The van der Waals surface area contributed by atoms with Crippen molar-refractivity contribution < 1.29 is 17.4 Å². The fourth-order valence-electron chi connectivity index (χ4n) is 2.32. The summed E-state index contributed by atoms with van der Waals surface area (Å²) in [6.45, 7) is 0. The normalized spacial score (nSPS) is 11.5. The second-order valence-corrected chi connectivity index (χ2v) is 8.12. The van der Waals surface area contributed by atoms with Crippen molar-refractivity contribution in [2.75, 3.05) is 0 Å². The highest BCUT2D eigenvalue weighted by atomic mass is 35.5. The maximum absolute atomic E-state index is 12.3. The van der Waals surface area contributed by atoms with Crippen LogP contribution in [0.2, 0.25) is 10.0 Å². The highest BCUT2D eigenvalue weighted by Gasteiger charge is 2.16. The summed E-state index contributed by atoms with van der Waals surface area (Å²) in [5.41, 5.74) is 1.12. The second-order valence-electron chi connectivity index (χ2n) is 5.73. The number of rotatable bonds is 6. The zero-order chi connectivity index (χ0) is 20.1. The first-order chi connectivity index (χ1) is 13.3. The first-order valence-corrected chi connectivity index (χ1v) is 10.3. The molecule has 0 aromatic heterocycles. The molecule has 0 saturated carbocycles. The fourth-order valence-corrected chi connectivity index (χ4v) is 3.58. The molecule has 142 valence electrons. The molecule has 3 aromatic carbocycles. The summed E-state index contributed by atoms with van der Waals surface area (Å²) in [5, 5.41) is 0.967. The third-order valence-corrected chi connectivity index (χ3v) is 5.62. The van der Waals surface area contributed by atoms with Gasteiger partial charge in [-0.3, -0.25) is 4.79 Å². The molecule has 0 aliphatic carbocycles. The molecule has 0 bridgehead atoms. The maximum atomic E-state index is 12.3. The van der Waals surface area contributed by atoms with Crippen molar-refractivity contribution in [3.05, 3.63) is 100 Å². The van der Waals surface area contributed by atoms with Gasteiger partial charge in [0.1, 0.15) is 10.6 Å². The van der Waals surface area contributed by atoms with Crippen LogP contribution in [0.15, 0.2) is 83.8 Å². The molecule has 7 heteroatoms. The van der Waals surface area contributed by atoms with Crippen LogP contribution in [0.4, 0.5) is 0 Å². The largest absolute Gasteiger partial charge is 0.379 e. The highest BCUT2D eigenvalue weighted by Crippen LogP contribution is 2.21. The molecule has 0 unspecified atom stereocenters. The zero-order valence-corrected chi connectivity index (χ0v) is 16.7. The minimum Gasteiger partial charge on any atom is -0.379 e. The SMILES string of the molecule is O=C(C=Cc1ccccc1Cl)c1ccc(OS(=O)(=O)c2ccc(Cl)cc2)cc1. The van der Waals surface area contributed by atoms with Crippen molar-refractivity contribution >= 4 is 45.2 Å². The Labute approximate surface area is 173 Å². The minimum atomic E-state index is -3.99. The number of ketones is 1. The summed E-state index contributed by atoms with van der Waals surface area (Å²) in [5.74, 6) is -0.145. The van der Waals surface area contributed by atoms with Gasteiger partial charge in [0.25, 0.3) is 0 Å². The lowest BCUT2D eigenvalue weighted by atomic mass is 10.1. The van der Waals surface area contributed by atoms with E-state index in [1.807, 2.05) is 6.07 Å². The molecule has 0 atom stereocenters. The Bertz CT molecular complexity index is 1120. The fraction of sp³-hybridized carbons (Fsp3) is 0. The van der Waals surface area contributed by atoms with Gasteiger partial charge in [-0.1, -0.05) is 41.4 Å². The van der Waals surface area contributed by atoms with E-state index in [1.54, 1.807) is 24.3 Å². The Balaban J connectivity index is 1.72. The summed E-state index contributed by atoms with van der Waals surface area (Å²) in [6.07, 6.45) is 3.03. The van der Waals surface area contributed by atoms with Crippen LogP contribution in [0.25, 0.3) is 6.08 Å². The van der Waals surface area contributed by atoms with Crippen molar-refractivity contribution in [2.45, 2.75) is 4.90 Å². The van der Waals surface area contributed by atoms with Crippen molar-refractivity contribution in [1.29, 1.82) is 0 Å². The standard InChI is InChI=1S/C21H14Cl2O4S/c22-17-8-12-19(13-9-17)28(25,26)27-18-10-5-16(6-11-18)21(24)14-7-15-3-1-2-4-20(15)23/h1-14H. The summed E-state index contributed by atoms with van der Waals surface area (Å²) in [4.78, 5) is 12.3. The van der Waals surface area contributed by atoms with Gasteiger partial charge in [-0.15, -0.1) is 0 Å². The predicted octanol–water partition coefficient (Wildman–Crippen LogP) is 5.66. The Morgan fingerprint density at radius 2 is 1.50 bits per heavy atom. The molecule has 0 heterocycles. The number of hydrogen-bond acceptors (Lipinski definition) is 4. The van der Waals surface area contributed by atoms with Crippen molar-refractivity contribution in [3.63, 3.8) is 0 Å². The van der Waals surface area contributed by atoms with Gasteiger partial charge >= 0.3 is 10.1 Å². The van der Waals surface area contributed by atoms with Gasteiger partial charge in [0, 0.05) is 15.6 Å². The van der Waals surface area contributed by atoms with E-state index in [9.17, 15) is 13.2 Å². The topological polar surface area (TPSA) is 60.4 Å². The van der Waals surface area contributed by atoms with E-state index >= 15 is 0 Å². The van der Waals surface area contributed by atoms with Gasteiger partial charge in [-0.05, 0) is 72.3 Å². The van der Waals surface area contributed by atoms with Gasteiger partial charge in [-0.25, -0.2) is 0 Å². The van der Waals surface area contributed by atoms with Crippen LogP contribution >= 0.6 is 23.2 Å². The van der Waals surface area contributed by atoms with Crippen molar-refractivity contribution in [3.8, 4) is 5.75 Å². The number of carbonyl (C=O) groups is 1. The van der Waals surface area contributed by atoms with E-state index in [-0.39, 0.29) is 16.4 Å². The number of hydrogen-bond donors (Lipinski definition) is 0. The zero-order valence-electron chi connectivity index (χ0n) is 14.4. The average Bonchev–Trinajstić information content (AvgIpc) is 2.68. The van der Waals surface area contributed by atoms with Crippen LogP contribution in [0, 0.1) is 0 Å². The summed E-state index contributed by atoms with van der Waals surface area (Å²) in [6, 6.07) is 18.6. The average molecular weight is 433 g/mol. The van der Waals surface area contributed by atoms with E-state index in [2.05, 4.69) is 0 Å². The van der Waals surface area contributed by atoms with Crippen molar-refractivity contribution in [2.24, 2.45) is 0 Å². The predicted molar refractivity (Wildman–Crippen MR) is 111 cm³/mol. The molecule has 4 nitrogen and oxygen atoms in total. The summed E-state index contributed by atoms with van der Waals surface area (Å²) < 4.78 is 29.6. The molecule has 0 amide bonds. The van der Waals surface area contributed by atoms with Crippen molar-refractivity contribution in [1.82, 2.24) is 0 Å². The molecule has 0 radical (unpaired) electrons. The van der Waals surface area contributed by atoms with Gasteiger partial charge in [0.05, 0.1) is 0 Å². The molecule has 0 saturated heterocycles. The van der Waals surface area contributed by atoms with Crippen LogP contribution in [0.1, 0.15) is 15.9 Å². The number of benzene rings is 3. The van der Waals surface area contributed by atoms with Crippen LogP contribution < -0.4 is 4.18 Å². The second kappa shape index (κ2) is 8.61. The summed E-state index contributed by atoms with van der Waals surface area (Å²) >= 11 is 11.8. The molecule has 0 spiro atoms. The molecule has 0 aliphatic rings. The molecule has 0 fully saturated rings. The molecule has 3 rings (SSSR count). The lowest BCUT2D eigenvalue weighted by Crippen LogP contribution is -2.09. The van der Waals surface area contributed by atoms with E-state index in [4.69, 9.17) is 27.4 Å². The quantitative estimate of drug-likeness (QED) is 0.286. The summed E-state index contributed by atoms with van der Waals surface area (Å²) in [7, 11) is -3.99. The Morgan fingerprint density at radius 3 is 2.14 bits per heavy atom. The third-order valence-electron chi connectivity index (χ3n) is 3.77. The Hall–Kier alpha value is -2.60. The van der Waals surface area contributed by atoms with Gasteiger partial charge in [0.15, 0.2) is 5.78 Å². The lowest BCUT2D eigenvalue weighted by molar-refractivity contribution is 0.104. The van der Waals surface area contributed by atoms with E-state index in [0.717, 1.165) is 5.56 Å². The first kappa shape index (κ1) is 20.1. The highest BCUT2D eigenvalue weighted by molar-refractivity contribution is 7.87. The van der Waals surface area contributed by atoms with Crippen LogP contribution in [0.5, 0.6) is 5.75 Å². The molecule has 0 N–H and O–H groups in total. The van der Waals surface area contributed by atoms with Gasteiger partial charge in [-0.2, -0.15) is 8.42 Å². The Kier molecular flexibility index (Phi) is 6.19. The molecule has 28 heavy (non-hydrogen) atoms. The van der Waals surface area contributed by atoms with Crippen LogP contribution in [0.3, 0.4) is 0 Å². The minimum absolute atomic E-state index is 0.0141. The monoisotopic (exact) mass is 432 g/mol. The molecule has 3 aromatic rings. The number of halogens is 2. The van der Waals surface area contributed by atoms with E-state index in [1.165, 1.54) is 54.6 Å². The lowest BCUT2D eigenvalue weighted by Gasteiger charge is -2.07. The first-order valence-electron chi connectivity index (χ1n) is 8.12. The maximum Gasteiger partial charge on any atom is 0.339 e. The Morgan fingerprint density at radius 1 is 0.857 bits per heavy atom. The third kappa shape index (κ3) is 5.01. The van der Waals surface area contributed by atoms with Gasteiger partial charge in [0.2, 0.25) is 0 Å². The molecular weight excluding hydrogens is 419 g/mol. The van der Waals surface area contributed by atoms with Gasteiger partial charge < -0.3 is 4.18 Å². The smallest absolute Gasteiger partial charge is 0.339 e. The van der Waals surface area contributed by atoms with E-state index in [0.29, 0.717) is 15.6 Å². The number of carbonyl (C=O) groups excluding carboxylic acids is 1. The number of allylic oxidation sites excluding steroid dienone is 1. The van der Waals surface area contributed by atoms with Crippen LogP contribution in [-0.2, 0) is 10.1 Å².